The molecule has 21 heavy (non-hydrogen) atoms. The van der Waals surface area contributed by atoms with Crippen molar-refractivity contribution in [2.75, 3.05) is 22.6 Å². The Hall–Kier alpha value is -1.15. The first kappa shape index (κ1) is 16.2. The van der Waals surface area contributed by atoms with Gasteiger partial charge in [-0.3, -0.25) is 9.48 Å². The molecule has 1 fully saturated rings. The largest absolute Gasteiger partial charge is 0.479 e. The molecule has 1 amide bonds. The molecule has 1 aliphatic heterocycles. The maximum Gasteiger partial charge on any atom is 0.331 e. The molecule has 2 rings (SSSR count). The van der Waals surface area contributed by atoms with Crippen LogP contribution in [0, 0.1) is 0 Å². The minimum absolute atomic E-state index is 0.0531. The molecule has 0 radical (unpaired) electrons. The molecule has 6 nitrogen and oxygen atoms in total. The van der Waals surface area contributed by atoms with Crippen LogP contribution in [0.1, 0.15) is 20.3 Å². The first-order valence-corrected chi connectivity index (χ1v) is 8.87. The molecule has 2 heterocycles. The zero-order chi connectivity index (χ0) is 15.5. The standard InChI is InChI=1S/C13H19N3O3S2/c1-13(2,12(18)19)16-7-9(6-14-16)15-11(17)5-10-8-20-3-4-21-10/h6-7,10H,3-5,8H2,1-2H3,(H,15,17)(H,18,19). The van der Waals surface area contributed by atoms with Gasteiger partial charge in [-0.2, -0.15) is 28.6 Å². The van der Waals surface area contributed by atoms with E-state index in [-0.39, 0.29) is 5.91 Å². The minimum Gasteiger partial charge on any atom is -0.479 e. The molecule has 0 aromatic carbocycles. The molecule has 1 atom stereocenters. The second-order valence-electron chi connectivity index (χ2n) is 5.36. The van der Waals surface area contributed by atoms with Gasteiger partial charge in [0, 0.05) is 35.1 Å². The lowest BCUT2D eigenvalue weighted by molar-refractivity contribution is -0.146. The molecule has 1 saturated heterocycles. The first-order valence-electron chi connectivity index (χ1n) is 6.67. The van der Waals surface area contributed by atoms with E-state index in [0.717, 1.165) is 17.3 Å². The van der Waals surface area contributed by atoms with Gasteiger partial charge in [-0.15, -0.1) is 0 Å². The lowest BCUT2D eigenvalue weighted by Gasteiger charge is -2.20. The molecule has 0 aliphatic carbocycles. The number of amides is 1. The fraction of sp³-hybridized carbons (Fsp3) is 0.615. The van der Waals surface area contributed by atoms with Gasteiger partial charge in [-0.1, -0.05) is 0 Å². The minimum atomic E-state index is -1.14. The van der Waals surface area contributed by atoms with E-state index < -0.39 is 11.5 Å². The van der Waals surface area contributed by atoms with Gasteiger partial charge in [0.25, 0.3) is 0 Å². The zero-order valence-electron chi connectivity index (χ0n) is 12.0. The molecule has 1 unspecified atom stereocenters. The number of aliphatic carboxylic acids is 1. The summed E-state index contributed by atoms with van der Waals surface area (Å²) in [6, 6.07) is 0. The first-order chi connectivity index (χ1) is 9.89. The second-order valence-corrected chi connectivity index (χ2v) is 7.92. The molecule has 2 N–H and O–H groups in total. The number of nitrogens with zero attached hydrogens (tertiary/aromatic N) is 2. The molecule has 116 valence electrons. The van der Waals surface area contributed by atoms with E-state index in [0.29, 0.717) is 17.4 Å². The molecular formula is C13H19N3O3S2. The predicted octanol–water partition coefficient (Wildman–Crippen LogP) is 1.88. The normalized spacial score (nSPS) is 19.2. The summed E-state index contributed by atoms with van der Waals surface area (Å²) in [7, 11) is 0. The fourth-order valence-electron chi connectivity index (χ4n) is 1.86. The highest BCUT2D eigenvalue weighted by Crippen LogP contribution is 2.26. The van der Waals surface area contributed by atoms with Gasteiger partial charge in [0.15, 0.2) is 5.54 Å². The van der Waals surface area contributed by atoms with Gasteiger partial charge in [-0.05, 0) is 13.8 Å². The monoisotopic (exact) mass is 329 g/mol. The topological polar surface area (TPSA) is 84.2 Å². The Balaban J connectivity index is 1.92. The van der Waals surface area contributed by atoms with Crippen LogP contribution in [-0.4, -0.2) is 49.3 Å². The molecule has 1 aromatic rings. The Bertz CT molecular complexity index is 524. The summed E-state index contributed by atoms with van der Waals surface area (Å²) in [5, 5.41) is 16.3. The van der Waals surface area contributed by atoms with Crippen molar-refractivity contribution in [3.05, 3.63) is 12.4 Å². The predicted molar refractivity (Wildman–Crippen MR) is 86.0 cm³/mol. The van der Waals surface area contributed by atoms with Crippen LogP contribution in [0.2, 0.25) is 0 Å². The van der Waals surface area contributed by atoms with E-state index in [9.17, 15) is 9.59 Å². The average Bonchev–Trinajstić information content (AvgIpc) is 2.88. The van der Waals surface area contributed by atoms with Crippen LogP contribution in [0.4, 0.5) is 5.69 Å². The van der Waals surface area contributed by atoms with Crippen molar-refractivity contribution in [3.8, 4) is 0 Å². The van der Waals surface area contributed by atoms with Crippen LogP contribution < -0.4 is 5.32 Å². The van der Waals surface area contributed by atoms with Gasteiger partial charge in [0.05, 0.1) is 11.9 Å². The van der Waals surface area contributed by atoms with E-state index in [1.165, 1.54) is 10.9 Å². The fourth-order valence-corrected chi connectivity index (χ4v) is 4.54. The van der Waals surface area contributed by atoms with E-state index in [4.69, 9.17) is 5.11 Å². The molecule has 1 aliphatic rings. The van der Waals surface area contributed by atoms with Gasteiger partial charge in [0.2, 0.25) is 5.91 Å². The summed E-state index contributed by atoms with van der Waals surface area (Å²) in [6.07, 6.45) is 3.51. The highest BCUT2D eigenvalue weighted by Gasteiger charge is 2.30. The van der Waals surface area contributed by atoms with Crippen molar-refractivity contribution >= 4 is 41.1 Å². The molecule has 0 bridgehead atoms. The average molecular weight is 329 g/mol. The number of thioether (sulfide) groups is 2. The van der Waals surface area contributed by atoms with Crippen molar-refractivity contribution in [1.82, 2.24) is 9.78 Å². The second kappa shape index (κ2) is 6.74. The Morgan fingerprint density at radius 1 is 1.52 bits per heavy atom. The summed E-state index contributed by atoms with van der Waals surface area (Å²) in [5.41, 5.74) is -0.610. The summed E-state index contributed by atoms with van der Waals surface area (Å²) < 4.78 is 1.34. The smallest absolute Gasteiger partial charge is 0.331 e. The van der Waals surface area contributed by atoms with Crippen molar-refractivity contribution in [2.45, 2.75) is 31.1 Å². The Morgan fingerprint density at radius 3 is 2.90 bits per heavy atom. The lowest BCUT2D eigenvalue weighted by atomic mass is 10.1. The number of hydrogen-bond donors (Lipinski definition) is 2. The zero-order valence-corrected chi connectivity index (χ0v) is 13.7. The number of carbonyl (C=O) groups excluding carboxylic acids is 1. The van der Waals surface area contributed by atoms with Crippen LogP contribution in [0.5, 0.6) is 0 Å². The van der Waals surface area contributed by atoms with E-state index >= 15 is 0 Å². The Labute approximate surface area is 132 Å². The Morgan fingerprint density at radius 2 is 2.29 bits per heavy atom. The van der Waals surface area contributed by atoms with Gasteiger partial charge < -0.3 is 10.4 Å². The van der Waals surface area contributed by atoms with Crippen molar-refractivity contribution in [1.29, 1.82) is 0 Å². The van der Waals surface area contributed by atoms with Crippen LogP contribution in [0.15, 0.2) is 12.4 Å². The number of carboxylic acids is 1. The van der Waals surface area contributed by atoms with Crippen LogP contribution >= 0.6 is 23.5 Å². The SMILES string of the molecule is CC(C)(C(=O)O)n1cc(NC(=O)CC2CSCCS2)cn1. The summed E-state index contributed by atoms with van der Waals surface area (Å²) in [5.74, 6) is 2.22. The number of carboxylic acid groups (broad SMARTS) is 1. The lowest BCUT2D eigenvalue weighted by Crippen LogP contribution is -2.35. The number of nitrogens with one attached hydrogen (secondary N) is 1. The summed E-state index contributed by atoms with van der Waals surface area (Å²) >= 11 is 3.71. The third-order valence-corrected chi connectivity index (χ3v) is 6.11. The van der Waals surface area contributed by atoms with Crippen molar-refractivity contribution in [2.24, 2.45) is 0 Å². The maximum absolute atomic E-state index is 12.0. The number of aromatic nitrogens is 2. The maximum atomic E-state index is 12.0. The van der Waals surface area contributed by atoms with Gasteiger partial charge in [0.1, 0.15) is 0 Å². The van der Waals surface area contributed by atoms with Crippen LogP contribution in [0.3, 0.4) is 0 Å². The number of rotatable bonds is 5. The molecular weight excluding hydrogens is 310 g/mol. The Kier molecular flexibility index (Phi) is 5.21. The molecule has 0 spiro atoms. The highest BCUT2D eigenvalue weighted by atomic mass is 32.2. The molecule has 0 saturated carbocycles. The van der Waals surface area contributed by atoms with E-state index in [1.807, 2.05) is 23.5 Å². The van der Waals surface area contributed by atoms with E-state index in [1.54, 1.807) is 20.0 Å². The van der Waals surface area contributed by atoms with Crippen molar-refractivity contribution < 1.29 is 14.7 Å². The van der Waals surface area contributed by atoms with Crippen LogP contribution in [-0.2, 0) is 15.1 Å². The summed E-state index contributed by atoms with van der Waals surface area (Å²) in [6.45, 7) is 3.12. The van der Waals surface area contributed by atoms with Gasteiger partial charge >= 0.3 is 5.97 Å². The molecule has 1 aromatic heterocycles. The third-order valence-electron chi connectivity index (χ3n) is 3.26. The van der Waals surface area contributed by atoms with Gasteiger partial charge in [-0.25, -0.2) is 4.79 Å². The number of carbonyl (C=O) groups is 2. The quantitative estimate of drug-likeness (QED) is 0.858. The molecule has 8 heteroatoms. The number of anilines is 1. The van der Waals surface area contributed by atoms with Crippen molar-refractivity contribution in [3.63, 3.8) is 0 Å². The highest BCUT2D eigenvalue weighted by molar-refractivity contribution is 8.06. The van der Waals surface area contributed by atoms with Crippen LogP contribution in [0.25, 0.3) is 0 Å². The summed E-state index contributed by atoms with van der Waals surface area (Å²) in [4.78, 5) is 23.1. The third kappa shape index (κ3) is 4.16. The van der Waals surface area contributed by atoms with E-state index in [2.05, 4.69) is 10.4 Å². The number of hydrogen-bond acceptors (Lipinski definition) is 5.